The third-order valence-corrected chi connectivity index (χ3v) is 3.08. The van der Waals surface area contributed by atoms with Gasteiger partial charge in [0.25, 0.3) is 0 Å². The normalized spacial score (nSPS) is 11.6. The van der Waals surface area contributed by atoms with E-state index < -0.39 is 40.7 Å². The molecule has 0 fully saturated rings. The van der Waals surface area contributed by atoms with Crippen LogP contribution in [0.4, 0.5) is 36.4 Å². The summed E-state index contributed by atoms with van der Waals surface area (Å²) in [6.45, 7) is 0. The van der Waals surface area contributed by atoms with E-state index in [-0.39, 0.29) is 10.6 Å². The van der Waals surface area contributed by atoms with E-state index in [0.29, 0.717) is 0 Å². The topological polar surface area (TPSA) is 3.24 Å². The maximum absolute atomic E-state index is 14.2. The first kappa shape index (κ1) is 16.1. The van der Waals surface area contributed by atoms with E-state index in [1.54, 1.807) is 0 Å². The summed E-state index contributed by atoms with van der Waals surface area (Å²) in [6, 6.07) is 2.19. The molecule has 0 aliphatic rings. The van der Waals surface area contributed by atoms with Crippen LogP contribution in [-0.4, -0.2) is 7.05 Å². The van der Waals surface area contributed by atoms with Crippen molar-refractivity contribution in [2.24, 2.45) is 0 Å². The van der Waals surface area contributed by atoms with Crippen molar-refractivity contribution >= 4 is 5.69 Å². The summed E-state index contributed by atoms with van der Waals surface area (Å²) in [6.07, 6.45) is 0. The maximum atomic E-state index is 14.2. The highest BCUT2D eigenvalue weighted by Crippen LogP contribution is 2.39. The van der Waals surface area contributed by atoms with Gasteiger partial charge in [-0.05, 0) is 12.1 Å². The van der Waals surface area contributed by atoms with Gasteiger partial charge in [-0.25, -0.2) is 22.0 Å². The van der Waals surface area contributed by atoms with E-state index in [0.717, 1.165) is 7.05 Å². The smallest absolute Gasteiger partial charge is 0.312 e. The monoisotopic (exact) mass is 323 g/mol. The summed E-state index contributed by atoms with van der Waals surface area (Å²) in [5.41, 5.74) is -2.37. The standard InChI is InChI=1S/C14H8F7N/c1-22(7-5-3-2-4-6-7)14(20,21)8-9(15)11(17)13(19)12(18)10(8)16/h2-6H,1H3. The number of benzene rings is 2. The number of halogens is 7. The highest BCUT2D eigenvalue weighted by Gasteiger charge is 2.46. The average molecular weight is 323 g/mol. The van der Waals surface area contributed by atoms with E-state index >= 15 is 0 Å². The second-order valence-corrected chi connectivity index (χ2v) is 4.38. The van der Waals surface area contributed by atoms with Crippen LogP contribution in [0.15, 0.2) is 30.3 Å². The molecule has 1 nitrogen and oxygen atoms in total. The molecule has 2 aromatic carbocycles. The molecule has 0 bridgehead atoms. The van der Waals surface area contributed by atoms with Crippen LogP contribution in [0.5, 0.6) is 0 Å². The molecule has 0 N–H and O–H groups in total. The van der Waals surface area contributed by atoms with Crippen molar-refractivity contribution in [3.8, 4) is 0 Å². The molecule has 0 unspecified atom stereocenters. The second-order valence-electron chi connectivity index (χ2n) is 4.38. The molecule has 22 heavy (non-hydrogen) atoms. The van der Waals surface area contributed by atoms with Gasteiger partial charge in [-0.15, -0.1) is 0 Å². The number of nitrogens with zero attached hydrogens (tertiary/aromatic N) is 1. The van der Waals surface area contributed by atoms with Crippen LogP contribution in [0, 0.1) is 29.1 Å². The summed E-state index contributed by atoms with van der Waals surface area (Å²) >= 11 is 0. The quantitative estimate of drug-likeness (QED) is 0.346. The molecule has 0 aromatic heterocycles. The van der Waals surface area contributed by atoms with E-state index in [1.807, 2.05) is 0 Å². The van der Waals surface area contributed by atoms with Gasteiger partial charge in [0.1, 0.15) is 5.56 Å². The summed E-state index contributed by atoms with van der Waals surface area (Å²) in [5.74, 6) is -12.5. The van der Waals surface area contributed by atoms with Crippen molar-refractivity contribution in [2.75, 3.05) is 11.9 Å². The van der Waals surface area contributed by atoms with Crippen molar-refractivity contribution in [1.29, 1.82) is 0 Å². The first-order valence-electron chi connectivity index (χ1n) is 5.88. The largest absolute Gasteiger partial charge is 0.358 e. The lowest BCUT2D eigenvalue weighted by Gasteiger charge is -2.30. The average Bonchev–Trinajstić information content (AvgIpc) is 2.51. The fraction of sp³-hybridized carbons (Fsp3) is 0.143. The van der Waals surface area contributed by atoms with Crippen LogP contribution in [0.25, 0.3) is 0 Å². The van der Waals surface area contributed by atoms with Gasteiger partial charge in [-0.2, -0.15) is 8.78 Å². The van der Waals surface area contributed by atoms with Crippen LogP contribution in [0.2, 0.25) is 0 Å². The van der Waals surface area contributed by atoms with Crippen molar-refractivity contribution in [1.82, 2.24) is 0 Å². The molecule has 0 spiro atoms. The highest BCUT2D eigenvalue weighted by atomic mass is 19.3. The Kier molecular flexibility index (Phi) is 4.04. The van der Waals surface area contributed by atoms with E-state index in [1.165, 1.54) is 30.3 Å². The number of alkyl halides is 2. The molecular weight excluding hydrogens is 315 g/mol. The van der Waals surface area contributed by atoms with Gasteiger partial charge >= 0.3 is 6.05 Å². The minimum Gasteiger partial charge on any atom is -0.312 e. The zero-order valence-electron chi connectivity index (χ0n) is 11.0. The second kappa shape index (κ2) is 5.51. The predicted octanol–water partition coefficient (Wildman–Crippen LogP) is 4.57. The molecule has 0 radical (unpaired) electrons. The first-order valence-corrected chi connectivity index (χ1v) is 5.88. The Balaban J connectivity index is 2.64. The Morgan fingerprint density at radius 2 is 1.14 bits per heavy atom. The van der Waals surface area contributed by atoms with Gasteiger partial charge in [0.15, 0.2) is 23.3 Å². The maximum Gasteiger partial charge on any atom is 0.358 e. The molecule has 0 saturated carbocycles. The van der Waals surface area contributed by atoms with Crippen molar-refractivity contribution in [2.45, 2.75) is 6.05 Å². The molecule has 0 amide bonds. The minimum absolute atomic E-state index is 0.116. The van der Waals surface area contributed by atoms with E-state index in [4.69, 9.17) is 0 Å². The van der Waals surface area contributed by atoms with Crippen molar-refractivity contribution in [3.63, 3.8) is 0 Å². The first-order chi connectivity index (χ1) is 10.2. The number of rotatable bonds is 3. The zero-order valence-corrected chi connectivity index (χ0v) is 11.0. The molecule has 0 atom stereocenters. The van der Waals surface area contributed by atoms with Gasteiger partial charge in [0.2, 0.25) is 5.82 Å². The Morgan fingerprint density at radius 3 is 1.59 bits per heavy atom. The summed E-state index contributed by atoms with van der Waals surface area (Å²) in [5, 5.41) is 0. The molecule has 2 rings (SSSR count). The molecule has 0 aliphatic heterocycles. The molecule has 8 heteroatoms. The molecule has 0 saturated heterocycles. The summed E-state index contributed by atoms with van der Waals surface area (Å²) in [4.78, 5) is 0.116. The molecule has 2 aromatic rings. The third kappa shape index (κ3) is 2.38. The van der Waals surface area contributed by atoms with Crippen LogP contribution in [0.1, 0.15) is 5.56 Å². The molecule has 0 aliphatic carbocycles. The van der Waals surface area contributed by atoms with Crippen LogP contribution in [-0.2, 0) is 6.05 Å². The minimum atomic E-state index is -4.45. The SMILES string of the molecule is CN(c1ccccc1)C(F)(F)c1c(F)c(F)c(F)c(F)c1F. The summed E-state index contributed by atoms with van der Waals surface area (Å²) in [7, 11) is 0.771. The molecule has 118 valence electrons. The number of hydrogen-bond acceptors (Lipinski definition) is 1. The predicted molar refractivity (Wildman–Crippen MR) is 65.0 cm³/mol. The lowest BCUT2D eigenvalue weighted by molar-refractivity contribution is -0.0116. The van der Waals surface area contributed by atoms with Crippen LogP contribution in [0.3, 0.4) is 0 Å². The van der Waals surface area contributed by atoms with Crippen LogP contribution < -0.4 is 4.90 Å². The number of hydrogen-bond donors (Lipinski definition) is 0. The summed E-state index contributed by atoms with van der Waals surface area (Å²) < 4.78 is 94.7. The fourth-order valence-electron chi connectivity index (χ4n) is 1.85. The third-order valence-electron chi connectivity index (χ3n) is 3.08. The van der Waals surface area contributed by atoms with Gasteiger partial charge in [-0.3, -0.25) is 0 Å². The van der Waals surface area contributed by atoms with Crippen LogP contribution >= 0.6 is 0 Å². The Labute approximate surface area is 120 Å². The lowest BCUT2D eigenvalue weighted by Crippen LogP contribution is -2.38. The zero-order chi connectivity index (χ0) is 16.7. The highest BCUT2D eigenvalue weighted by molar-refractivity contribution is 5.48. The molecular formula is C14H8F7N. The molecule has 0 heterocycles. The number of anilines is 1. The van der Waals surface area contributed by atoms with Gasteiger partial charge in [0, 0.05) is 12.7 Å². The lowest BCUT2D eigenvalue weighted by atomic mass is 10.1. The Hall–Kier alpha value is -2.25. The van der Waals surface area contributed by atoms with Crippen molar-refractivity contribution < 1.29 is 30.7 Å². The van der Waals surface area contributed by atoms with Gasteiger partial charge < -0.3 is 4.90 Å². The van der Waals surface area contributed by atoms with Crippen molar-refractivity contribution in [3.05, 3.63) is 65.0 Å². The van der Waals surface area contributed by atoms with Gasteiger partial charge in [-0.1, -0.05) is 18.2 Å². The number of para-hydroxylation sites is 1. The van der Waals surface area contributed by atoms with E-state index in [2.05, 4.69) is 0 Å². The Morgan fingerprint density at radius 1 is 0.727 bits per heavy atom. The fourth-order valence-corrected chi connectivity index (χ4v) is 1.85. The Bertz CT molecular complexity index is 671. The van der Waals surface area contributed by atoms with E-state index in [9.17, 15) is 30.7 Å². The van der Waals surface area contributed by atoms with Gasteiger partial charge in [0.05, 0.1) is 0 Å².